The number of carbonyl (C=O) groups is 2. The monoisotopic (exact) mass is 364 g/mol. The molecule has 1 aliphatic rings. The summed E-state index contributed by atoms with van der Waals surface area (Å²) in [7, 11) is 0. The third-order valence-corrected chi connectivity index (χ3v) is 4.57. The molecule has 2 N–H and O–H groups in total. The lowest BCUT2D eigenvalue weighted by molar-refractivity contribution is -0.138. The Balaban J connectivity index is 2.12. The number of nitrogens with one attached hydrogen (secondary N) is 2. The zero-order valence-corrected chi connectivity index (χ0v) is 15.8. The van der Waals surface area contributed by atoms with Gasteiger partial charge < -0.3 is 15.4 Å². The molecule has 0 fully saturated rings. The van der Waals surface area contributed by atoms with Crippen LogP contribution in [0.4, 0.5) is 4.79 Å². The average molecular weight is 364 g/mol. The Bertz CT molecular complexity index is 855. The SMILES string of the molecule is CCOC(=O)C1=C(c2ccccc2)NC(=O)NC1c1ccc(C(C)C)cc1. The quantitative estimate of drug-likeness (QED) is 0.784. The molecule has 1 unspecified atom stereocenters. The molecule has 1 atom stereocenters. The van der Waals surface area contributed by atoms with Crippen LogP contribution in [0.25, 0.3) is 5.70 Å². The molecule has 0 aromatic heterocycles. The van der Waals surface area contributed by atoms with Crippen molar-refractivity contribution in [2.45, 2.75) is 32.7 Å². The van der Waals surface area contributed by atoms with E-state index in [1.807, 2.05) is 54.6 Å². The zero-order valence-electron chi connectivity index (χ0n) is 15.8. The van der Waals surface area contributed by atoms with Crippen LogP contribution in [0.2, 0.25) is 0 Å². The zero-order chi connectivity index (χ0) is 19.4. The first-order valence-electron chi connectivity index (χ1n) is 9.15. The molecule has 0 aliphatic carbocycles. The van der Waals surface area contributed by atoms with Crippen LogP contribution in [0, 0.1) is 0 Å². The molecule has 5 nitrogen and oxygen atoms in total. The topological polar surface area (TPSA) is 67.4 Å². The molecule has 5 heteroatoms. The summed E-state index contributed by atoms with van der Waals surface area (Å²) in [5, 5.41) is 5.64. The lowest BCUT2D eigenvalue weighted by atomic mass is 9.91. The van der Waals surface area contributed by atoms with Gasteiger partial charge in [-0.2, -0.15) is 0 Å². The fourth-order valence-electron chi connectivity index (χ4n) is 3.15. The summed E-state index contributed by atoms with van der Waals surface area (Å²) in [6.45, 7) is 6.27. The largest absolute Gasteiger partial charge is 0.463 e. The fourth-order valence-corrected chi connectivity index (χ4v) is 3.15. The molecule has 2 amide bonds. The maximum atomic E-state index is 12.8. The maximum Gasteiger partial charge on any atom is 0.338 e. The van der Waals surface area contributed by atoms with Crippen LogP contribution in [0.3, 0.4) is 0 Å². The van der Waals surface area contributed by atoms with E-state index >= 15 is 0 Å². The van der Waals surface area contributed by atoms with Gasteiger partial charge in [0.05, 0.1) is 23.9 Å². The van der Waals surface area contributed by atoms with E-state index in [9.17, 15) is 9.59 Å². The molecule has 0 bridgehead atoms. The van der Waals surface area contributed by atoms with Crippen molar-refractivity contribution in [1.82, 2.24) is 10.6 Å². The van der Waals surface area contributed by atoms with Gasteiger partial charge >= 0.3 is 12.0 Å². The number of rotatable bonds is 5. The summed E-state index contributed by atoms with van der Waals surface area (Å²) in [4.78, 5) is 25.1. The van der Waals surface area contributed by atoms with Gasteiger partial charge in [-0.15, -0.1) is 0 Å². The lowest BCUT2D eigenvalue weighted by Crippen LogP contribution is -2.45. The number of urea groups is 1. The molecule has 2 aromatic rings. The molecule has 1 aliphatic heterocycles. The minimum Gasteiger partial charge on any atom is -0.463 e. The van der Waals surface area contributed by atoms with Gasteiger partial charge in [-0.25, -0.2) is 9.59 Å². The predicted octanol–water partition coefficient (Wildman–Crippen LogP) is 4.14. The van der Waals surface area contributed by atoms with Crippen molar-refractivity contribution in [3.05, 3.63) is 76.9 Å². The molecule has 0 saturated heterocycles. The van der Waals surface area contributed by atoms with E-state index < -0.39 is 12.0 Å². The summed E-state index contributed by atoms with van der Waals surface area (Å²) in [5.74, 6) is -0.0385. The third kappa shape index (κ3) is 4.03. The minimum absolute atomic E-state index is 0.261. The van der Waals surface area contributed by atoms with E-state index in [-0.39, 0.29) is 12.6 Å². The highest BCUT2D eigenvalue weighted by Crippen LogP contribution is 2.32. The number of ether oxygens (including phenoxy) is 1. The van der Waals surface area contributed by atoms with Gasteiger partial charge in [-0.3, -0.25) is 0 Å². The van der Waals surface area contributed by atoms with Crippen molar-refractivity contribution in [2.75, 3.05) is 6.61 Å². The van der Waals surface area contributed by atoms with E-state index in [4.69, 9.17) is 4.74 Å². The number of carbonyl (C=O) groups excluding carboxylic acids is 2. The number of hydrogen-bond donors (Lipinski definition) is 2. The number of amides is 2. The third-order valence-electron chi connectivity index (χ3n) is 4.57. The van der Waals surface area contributed by atoms with Crippen LogP contribution in [-0.2, 0) is 9.53 Å². The molecule has 27 heavy (non-hydrogen) atoms. The summed E-state index contributed by atoms with van der Waals surface area (Å²) >= 11 is 0. The molecule has 0 spiro atoms. The maximum absolute atomic E-state index is 12.8. The van der Waals surface area contributed by atoms with E-state index in [2.05, 4.69) is 24.5 Å². The molecule has 0 radical (unpaired) electrons. The normalized spacial score (nSPS) is 16.7. The van der Waals surface area contributed by atoms with Crippen LogP contribution in [0.1, 0.15) is 49.4 Å². The van der Waals surface area contributed by atoms with Crippen molar-refractivity contribution in [3.63, 3.8) is 0 Å². The van der Waals surface area contributed by atoms with E-state index in [0.717, 1.165) is 11.1 Å². The van der Waals surface area contributed by atoms with Crippen molar-refractivity contribution in [2.24, 2.45) is 0 Å². The van der Waals surface area contributed by atoms with Gasteiger partial charge in [-0.05, 0) is 29.5 Å². The van der Waals surface area contributed by atoms with Crippen LogP contribution < -0.4 is 10.6 Å². The minimum atomic E-state index is -0.575. The highest BCUT2D eigenvalue weighted by atomic mass is 16.5. The molecule has 1 heterocycles. The molecule has 0 saturated carbocycles. The standard InChI is InChI=1S/C22H24N2O3/c1-4-27-21(25)18-19(16-8-6-5-7-9-16)23-22(26)24-20(18)17-12-10-15(11-13-17)14(2)3/h5-14,20H,4H2,1-3H3,(H2,23,24,26). The summed E-state index contributed by atoms with van der Waals surface area (Å²) in [6.07, 6.45) is 0. The fraction of sp³-hybridized carbons (Fsp3) is 0.273. The van der Waals surface area contributed by atoms with Crippen molar-refractivity contribution in [1.29, 1.82) is 0 Å². The lowest BCUT2D eigenvalue weighted by Gasteiger charge is -2.29. The predicted molar refractivity (Wildman–Crippen MR) is 105 cm³/mol. The van der Waals surface area contributed by atoms with Gasteiger partial charge in [0, 0.05) is 0 Å². The van der Waals surface area contributed by atoms with E-state index in [1.54, 1.807) is 6.92 Å². The van der Waals surface area contributed by atoms with Gasteiger partial charge in [0.25, 0.3) is 0 Å². The Kier molecular flexibility index (Phi) is 5.60. The second-order valence-corrected chi connectivity index (χ2v) is 6.73. The van der Waals surface area contributed by atoms with Crippen molar-refractivity contribution < 1.29 is 14.3 Å². The molecule has 3 rings (SSSR count). The van der Waals surface area contributed by atoms with Crippen molar-refractivity contribution in [3.8, 4) is 0 Å². The Morgan fingerprint density at radius 1 is 1.07 bits per heavy atom. The Morgan fingerprint density at radius 2 is 1.74 bits per heavy atom. The van der Waals surface area contributed by atoms with Crippen molar-refractivity contribution >= 4 is 17.7 Å². The first kappa shape index (κ1) is 18.7. The van der Waals surface area contributed by atoms with Crippen LogP contribution in [0.15, 0.2) is 60.2 Å². The van der Waals surface area contributed by atoms with Gasteiger partial charge in [0.1, 0.15) is 0 Å². The van der Waals surface area contributed by atoms with E-state index in [1.165, 1.54) is 5.56 Å². The van der Waals surface area contributed by atoms with E-state index in [0.29, 0.717) is 17.2 Å². The molecule has 140 valence electrons. The van der Waals surface area contributed by atoms with Gasteiger partial charge in [0.15, 0.2) is 0 Å². The summed E-state index contributed by atoms with van der Waals surface area (Å²) < 4.78 is 5.29. The first-order valence-corrected chi connectivity index (χ1v) is 9.15. The first-order chi connectivity index (χ1) is 13.0. The Hall–Kier alpha value is -3.08. The number of benzene rings is 2. The highest BCUT2D eigenvalue weighted by Gasteiger charge is 2.34. The van der Waals surface area contributed by atoms with Gasteiger partial charge in [-0.1, -0.05) is 68.4 Å². The van der Waals surface area contributed by atoms with Crippen LogP contribution in [0.5, 0.6) is 0 Å². The Morgan fingerprint density at radius 3 is 2.33 bits per heavy atom. The molecular weight excluding hydrogens is 340 g/mol. The smallest absolute Gasteiger partial charge is 0.338 e. The van der Waals surface area contributed by atoms with Crippen LogP contribution in [-0.4, -0.2) is 18.6 Å². The van der Waals surface area contributed by atoms with Gasteiger partial charge in [0.2, 0.25) is 0 Å². The molecular formula is C22H24N2O3. The van der Waals surface area contributed by atoms with Crippen LogP contribution >= 0.6 is 0 Å². The second-order valence-electron chi connectivity index (χ2n) is 6.73. The Labute approximate surface area is 159 Å². The summed E-state index contributed by atoms with van der Waals surface area (Å²) in [5.41, 5.74) is 3.68. The molecule has 2 aromatic carbocycles. The highest BCUT2D eigenvalue weighted by molar-refractivity contribution is 6.04. The number of hydrogen-bond acceptors (Lipinski definition) is 3. The summed E-state index contributed by atoms with van der Waals surface area (Å²) in [6, 6.07) is 16.4. The average Bonchev–Trinajstić information content (AvgIpc) is 2.68. The number of esters is 1. The second kappa shape index (κ2) is 8.08.